The number of thioether (sulfide) groups is 1. The summed E-state index contributed by atoms with van der Waals surface area (Å²) in [5, 5.41) is 19.9. The van der Waals surface area contributed by atoms with E-state index in [2.05, 4.69) is 10.2 Å². The minimum Gasteiger partial charge on any atom is -0.477 e. The van der Waals surface area contributed by atoms with Crippen LogP contribution in [-0.4, -0.2) is 25.8 Å². The third-order valence-corrected chi connectivity index (χ3v) is 6.08. The van der Waals surface area contributed by atoms with Crippen molar-refractivity contribution >= 4 is 47.0 Å². The molecule has 0 radical (unpaired) electrons. The van der Waals surface area contributed by atoms with Gasteiger partial charge in [-0.3, -0.25) is 0 Å². The molecule has 162 valence electrons. The quantitative estimate of drug-likeness (QED) is 0.230. The number of halogens is 2. The number of aromatic nitrogens is 3. The van der Waals surface area contributed by atoms with Crippen LogP contribution >= 0.6 is 35.0 Å². The molecule has 6 nitrogen and oxygen atoms in total. The first kappa shape index (κ1) is 22.2. The summed E-state index contributed by atoms with van der Waals surface area (Å²) < 4.78 is 7.67. The number of nitrogens with zero attached hydrogens (tertiary/aromatic N) is 3. The summed E-state index contributed by atoms with van der Waals surface area (Å²) in [7, 11) is 0. The van der Waals surface area contributed by atoms with Crippen molar-refractivity contribution in [2.45, 2.75) is 18.6 Å². The van der Waals surface area contributed by atoms with Crippen LogP contribution in [0.4, 0.5) is 0 Å². The second kappa shape index (κ2) is 9.65. The number of benzene rings is 2. The monoisotopic (exact) mass is 485 g/mol. The van der Waals surface area contributed by atoms with Gasteiger partial charge in [-0.05, 0) is 79.3 Å². The molecule has 0 spiro atoms. The predicted octanol–water partition coefficient (Wildman–Crippen LogP) is 6.75. The van der Waals surface area contributed by atoms with Gasteiger partial charge in [-0.15, -0.1) is 10.2 Å². The highest BCUT2D eigenvalue weighted by Gasteiger charge is 2.19. The number of carbonyl (C=O) groups is 1. The lowest BCUT2D eigenvalue weighted by molar-refractivity contribution is -0.131. The second-order valence-corrected chi connectivity index (χ2v) is 8.56. The molecule has 2 aromatic carbocycles. The lowest BCUT2D eigenvalue weighted by Crippen LogP contribution is -2.02. The maximum Gasteiger partial charge on any atom is 0.342 e. The molecule has 0 unspecified atom stereocenters. The number of rotatable bonds is 7. The Morgan fingerprint density at radius 1 is 1.00 bits per heavy atom. The van der Waals surface area contributed by atoms with Crippen LogP contribution in [0.3, 0.4) is 0 Å². The Morgan fingerprint density at radius 2 is 1.62 bits per heavy atom. The van der Waals surface area contributed by atoms with E-state index in [9.17, 15) is 9.90 Å². The zero-order valence-electron chi connectivity index (χ0n) is 16.8. The van der Waals surface area contributed by atoms with Gasteiger partial charge in [0.25, 0.3) is 0 Å². The molecule has 0 atom stereocenters. The van der Waals surface area contributed by atoms with Crippen molar-refractivity contribution in [2.24, 2.45) is 0 Å². The minimum absolute atomic E-state index is 0.0618. The Bertz CT molecular complexity index is 1280. The molecule has 0 bridgehead atoms. The van der Waals surface area contributed by atoms with Gasteiger partial charge in [-0.1, -0.05) is 23.2 Å². The minimum atomic E-state index is -1.09. The van der Waals surface area contributed by atoms with Crippen LogP contribution in [-0.2, 0) is 11.3 Å². The van der Waals surface area contributed by atoms with Gasteiger partial charge in [0.2, 0.25) is 0 Å². The molecule has 0 aliphatic heterocycles. The van der Waals surface area contributed by atoms with Gasteiger partial charge >= 0.3 is 5.97 Å². The third-order valence-electron chi connectivity index (χ3n) is 4.58. The molecule has 2 aromatic heterocycles. The molecule has 4 rings (SSSR count). The summed E-state index contributed by atoms with van der Waals surface area (Å²) in [5.74, 6) is 0.585. The fourth-order valence-corrected chi connectivity index (χ4v) is 4.14. The van der Waals surface area contributed by atoms with Gasteiger partial charge in [0.05, 0.1) is 0 Å². The van der Waals surface area contributed by atoms with Gasteiger partial charge in [-0.25, -0.2) is 4.79 Å². The molecule has 4 aromatic rings. The Hall–Kier alpha value is -3.00. The lowest BCUT2D eigenvalue weighted by atomic mass is 10.2. The average Bonchev–Trinajstić information content (AvgIpc) is 3.41. The van der Waals surface area contributed by atoms with E-state index in [1.54, 1.807) is 36.4 Å². The SMILES string of the molecule is CCn1c(S/C(=C\c2ccc(-c3ccc(Cl)cc3)o2)C(=O)O)nnc1-c1ccc(Cl)cc1. The summed E-state index contributed by atoms with van der Waals surface area (Å²) in [5.41, 5.74) is 1.69. The van der Waals surface area contributed by atoms with Crippen molar-refractivity contribution in [1.82, 2.24) is 14.8 Å². The topological polar surface area (TPSA) is 81.2 Å². The third kappa shape index (κ3) is 4.91. The average molecular weight is 486 g/mol. The fraction of sp³-hybridized carbons (Fsp3) is 0.0870. The molecule has 0 amide bonds. The van der Waals surface area contributed by atoms with Gasteiger partial charge in [-0.2, -0.15) is 0 Å². The highest BCUT2D eigenvalue weighted by Crippen LogP contribution is 2.32. The van der Waals surface area contributed by atoms with E-state index in [0.29, 0.717) is 39.1 Å². The lowest BCUT2D eigenvalue weighted by Gasteiger charge is -2.07. The number of furan rings is 1. The summed E-state index contributed by atoms with van der Waals surface area (Å²) >= 11 is 12.9. The van der Waals surface area contributed by atoms with Crippen LogP contribution < -0.4 is 0 Å². The molecule has 0 aliphatic carbocycles. The van der Waals surface area contributed by atoms with Crippen LogP contribution in [0.1, 0.15) is 12.7 Å². The van der Waals surface area contributed by atoms with E-state index >= 15 is 0 Å². The molecule has 32 heavy (non-hydrogen) atoms. The predicted molar refractivity (Wildman–Crippen MR) is 127 cm³/mol. The maximum absolute atomic E-state index is 11.9. The summed E-state index contributed by atoms with van der Waals surface area (Å²) in [4.78, 5) is 12.0. The highest BCUT2D eigenvalue weighted by molar-refractivity contribution is 8.04. The molecule has 1 N–H and O–H groups in total. The summed E-state index contributed by atoms with van der Waals surface area (Å²) in [6, 6.07) is 18.0. The van der Waals surface area contributed by atoms with Crippen LogP contribution in [0.2, 0.25) is 10.0 Å². The standard InChI is InChI=1S/C23H17Cl2N3O3S/c1-2-28-21(15-5-9-17(25)10-6-15)26-27-23(28)32-20(22(29)30)13-18-11-12-19(31-18)14-3-7-16(24)8-4-14/h3-13H,2H2,1H3,(H,29,30)/b20-13-. The van der Waals surface area contributed by atoms with Crippen LogP contribution in [0.25, 0.3) is 28.8 Å². The molecule has 0 aliphatic rings. The van der Waals surface area contributed by atoms with Gasteiger partial charge in [0, 0.05) is 33.8 Å². The maximum atomic E-state index is 11.9. The van der Waals surface area contributed by atoms with Crippen molar-refractivity contribution in [3.8, 4) is 22.7 Å². The number of carboxylic acids is 1. The molecule has 0 saturated heterocycles. The molecule has 0 fully saturated rings. The van der Waals surface area contributed by atoms with E-state index in [1.807, 2.05) is 35.8 Å². The zero-order valence-corrected chi connectivity index (χ0v) is 19.2. The zero-order chi connectivity index (χ0) is 22.7. The van der Waals surface area contributed by atoms with E-state index in [1.165, 1.54) is 6.08 Å². The fourth-order valence-electron chi connectivity index (χ4n) is 3.02. The van der Waals surface area contributed by atoms with Crippen molar-refractivity contribution in [3.63, 3.8) is 0 Å². The smallest absolute Gasteiger partial charge is 0.342 e. The van der Waals surface area contributed by atoms with Gasteiger partial charge in [0.1, 0.15) is 16.4 Å². The number of aliphatic carboxylic acids is 1. The largest absolute Gasteiger partial charge is 0.477 e. The summed E-state index contributed by atoms with van der Waals surface area (Å²) in [6.45, 7) is 2.52. The van der Waals surface area contributed by atoms with E-state index in [0.717, 1.165) is 22.9 Å². The van der Waals surface area contributed by atoms with E-state index < -0.39 is 5.97 Å². The van der Waals surface area contributed by atoms with E-state index in [-0.39, 0.29) is 4.91 Å². The van der Waals surface area contributed by atoms with Crippen molar-refractivity contribution < 1.29 is 14.3 Å². The van der Waals surface area contributed by atoms with Gasteiger partial charge < -0.3 is 14.1 Å². The van der Waals surface area contributed by atoms with Crippen molar-refractivity contribution in [3.05, 3.63) is 81.4 Å². The Balaban J connectivity index is 1.62. The van der Waals surface area contributed by atoms with Crippen LogP contribution in [0.5, 0.6) is 0 Å². The second-order valence-electron chi connectivity index (χ2n) is 6.68. The number of hydrogen-bond acceptors (Lipinski definition) is 5. The molecule has 0 saturated carbocycles. The van der Waals surface area contributed by atoms with Crippen LogP contribution in [0.15, 0.2) is 75.1 Å². The molecular formula is C23H17Cl2N3O3S. The first-order valence-electron chi connectivity index (χ1n) is 9.62. The molecule has 9 heteroatoms. The normalized spacial score (nSPS) is 11.7. The first-order valence-corrected chi connectivity index (χ1v) is 11.2. The van der Waals surface area contributed by atoms with Crippen molar-refractivity contribution in [1.29, 1.82) is 0 Å². The van der Waals surface area contributed by atoms with Gasteiger partial charge in [0.15, 0.2) is 11.0 Å². The molecule has 2 heterocycles. The Kier molecular flexibility index (Phi) is 6.69. The van der Waals surface area contributed by atoms with E-state index in [4.69, 9.17) is 27.6 Å². The number of hydrogen-bond donors (Lipinski definition) is 1. The summed E-state index contributed by atoms with van der Waals surface area (Å²) in [6.07, 6.45) is 1.48. The number of carboxylic acid groups (broad SMARTS) is 1. The highest BCUT2D eigenvalue weighted by atomic mass is 35.5. The Labute approximate surface area is 198 Å². The van der Waals surface area contributed by atoms with Crippen LogP contribution in [0, 0.1) is 0 Å². The molecular weight excluding hydrogens is 469 g/mol. The van der Waals surface area contributed by atoms with Crippen molar-refractivity contribution in [2.75, 3.05) is 0 Å². The Morgan fingerprint density at radius 3 is 2.22 bits per heavy atom. The first-order chi connectivity index (χ1) is 15.4.